The molecule has 0 aliphatic heterocycles. The molecule has 1 atom stereocenters. The van der Waals surface area contributed by atoms with E-state index in [-0.39, 0.29) is 5.91 Å². The zero-order valence-corrected chi connectivity index (χ0v) is 9.80. The number of hydrazine groups is 1. The van der Waals surface area contributed by atoms with Crippen molar-refractivity contribution < 1.29 is 14.3 Å². The SMILES string of the molecule is CNNC(=O)C(C)NC(=O)OC(C)(C)C. The van der Waals surface area contributed by atoms with Crippen LogP contribution in [0, 0.1) is 0 Å². The first-order valence-electron chi connectivity index (χ1n) is 4.72. The van der Waals surface area contributed by atoms with Crippen molar-refractivity contribution in [2.24, 2.45) is 0 Å². The standard InChI is InChI=1S/C9H19N3O3/c1-6(7(13)12-10-5)11-8(14)15-9(2,3)4/h6,10H,1-5H3,(H,11,14)(H,12,13). The number of nitrogens with one attached hydrogen (secondary N) is 3. The Labute approximate surface area is 89.7 Å². The number of rotatable bonds is 3. The van der Waals surface area contributed by atoms with Crippen LogP contribution in [0.1, 0.15) is 27.7 Å². The van der Waals surface area contributed by atoms with E-state index in [1.807, 2.05) is 0 Å². The number of hydrogen-bond donors (Lipinski definition) is 3. The molecule has 0 fully saturated rings. The summed E-state index contributed by atoms with van der Waals surface area (Å²) in [5.41, 5.74) is 4.27. The van der Waals surface area contributed by atoms with Crippen molar-refractivity contribution in [3.8, 4) is 0 Å². The van der Waals surface area contributed by atoms with E-state index < -0.39 is 17.7 Å². The Morgan fingerprint density at radius 2 is 1.80 bits per heavy atom. The van der Waals surface area contributed by atoms with E-state index in [4.69, 9.17) is 4.74 Å². The van der Waals surface area contributed by atoms with Crippen LogP contribution in [0.15, 0.2) is 0 Å². The fraction of sp³-hybridized carbons (Fsp3) is 0.778. The topological polar surface area (TPSA) is 79.5 Å². The molecule has 0 heterocycles. The molecule has 88 valence electrons. The highest BCUT2D eigenvalue weighted by atomic mass is 16.6. The highest BCUT2D eigenvalue weighted by molar-refractivity contribution is 5.84. The Morgan fingerprint density at radius 1 is 1.27 bits per heavy atom. The normalized spacial score (nSPS) is 12.9. The van der Waals surface area contributed by atoms with Gasteiger partial charge in [0.2, 0.25) is 0 Å². The molecule has 0 saturated heterocycles. The molecule has 0 spiro atoms. The van der Waals surface area contributed by atoms with E-state index in [0.29, 0.717) is 0 Å². The van der Waals surface area contributed by atoms with Crippen LogP contribution in [0.25, 0.3) is 0 Å². The third kappa shape index (κ3) is 6.73. The van der Waals surface area contributed by atoms with Gasteiger partial charge in [0.05, 0.1) is 0 Å². The molecule has 0 saturated carbocycles. The van der Waals surface area contributed by atoms with Crippen LogP contribution in [0.4, 0.5) is 4.79 Å². The summed E-state index contributed by atoms with van der Waals surface area (Å²) >= 11 is 0. The van der Waals surface area contributed by atoms with Crippen LogP contribution < -0.4 is 16.2 Å². The van der Waals surface area contributed by atoms with Gasteiger partial charge in [-0.05, 0) is 27.7 Å². The lowest BCUT2D eigenvalue weighted by Gasteiger charge is -2.21. The lowest BCUT2D eigenvalue weighted by atomic mass is 10.2. The van der Waals surface area contributed by atoms with E-state index >= 15 is 0 Å². The summed E-state index contributed by atoms with van der Waals surface area (Å²) in [6, 6.07) is -0.646. The lowest BCUT2D eigenvalue weighted by molar-refractivity contribution is -0.123. The van der Waals surface area contributed by atoms with E-state index in [1.54, 1.807) is 34.7 Å². The average Bonchev–Trinajstić information content (AvgIpc) is 2.00. The van der Waals surface area contributed by atoms with Crippen LogP contribution in [-0.2, 0) is 9.53 Å². The van der Waals surface area contributed by atoms with Crippen molar-refractivity contribution in [2.75, 3.05) is 7.05 Å². The molecule has 0 aromatic rings. The number of carbonyl (C=O) groups is 2. The van der Waals surface area contributed by atoms with Gasteiger partial charge in [0.1, 0.15) is 11.6 Å². The summed E-state index contributed by atoms with van der Waals surface area (Å²) in [5, 5.41) is 2.41. The zero-order chi connectivity index (χ0) is 12.1. The Kier molecular flexibility index (Phi) is 5.07. The third-order valence-electron chi connectivity index (χ3n) is 1.37. The third-order valence-corrected chi connectivity index (χ3v) is 1.37. The molecule has 0 aliphatic rings. The Hall–Kier alpha value is -1.30. The predicted octanol–water partition coefficient (Wildman–Crippen LogP) is 0.150. The van der Waals surface area contributed by atoms with Gasteiger partial charge in [0, 0.05) is 7.05 Å². The Balaban J connectivity index is 4.02. The summed E-state index contributed by atoms with van der Waals surface area (Å²) in [7, 11) is 1.57. The molecular formula is C9H19N3O3. The molecule has 1 unspecified atom stereocenters. The maximum Gasteiger partial charge on any atom is 0.408 e. The number of alkyl carbamates (subject to hydrolysis) is 1. The van der Waals surface area contributed by atoms with Gasteiger partial charge in [0.25, 0.3) is 5.91 Å². The molecule has 6 nitrogen and oxygen atoms in total. The van der Waals surface area contributed by atoms with Crippen LogP contribution in [0.3, 0.4) is 0 Å². The van der Waals surface area contributed by atoms with E-state index in [2.05, 4.69) is 16.2 Å². The second-order valence-electron chi connectivity index (χ2n) is 4.11. The minimum atomic E-state index is -0.646. The fourth-order valence-electron chi connectivity index (χ4n) is 0.781. The molecule has 3 N–H and O–H groups in total. The summed E-state index contributed by atoms with van der Waals surface area (Å²) in [5.74, 6) is -0.330. The molecule has 0 aromatic heterocycles. The highest BCUT2D eigenvalue weighted by Crippen LogP contribution is 2.06. The first-order chi connectivity index (χ1) is 6.76. The first-order valence-corrected chi connectivity index (χ1v) is 4.72. The number of ether oxygens (including phenoxy) is 1. The second-order valence-corrected chi connectivity index (χ2v) is 4.11. The highest BCUT2D eigenvalue weighted by Gasteiger charge is 2.20. The summed E-state index contributed by atoms with van der Waals surface area (Å²) in [6.07, 6.45) is -0.610. The van der Waals surface area contributed by atoms with Crippen molar-refractivity contribution in [3.63, 3.8) is 0 Å². The van der Waals surface area contributed by atoms with Crippen molar-refractivity contribution in [2.45, 2.75) is 39.3 Å². The fourth-order valence-corrected chi connectivity index (χ4v) is 0.781. The van der Waals surface area contributed by atoms with Gasteiger partial charge in [-0.3, -0.25) is 10.2 Å². The van der Waals surface area contributed by atoms with Crippen molar-refractivity contribution in [1.82, 2.24) is 16.2 Å². The van der Waals surface area contributed by atoms with Gasteiger partial charge < -0.3 is 10.1 Å². The van der Waals surface area contributed by atoms with Gasteiger partial charge >= 0.3 is 6.09 Å². The molecule has 2 amide bonds. The van der Waals surface area contributed by atoms with E-state index in [0.717, 1.165) is 0 Å². The van der Waals surface area contributed by atoms with E-state index in [9.17, 15) is 9.59 Å². The Bertz CT molecular complexity index is 235. The summed E-state index contributed by atoms with van der Waals surface area (Å²) in [4.78, 5) is 22.4. The van der Waals surface area contributed by atoms with Crippen molar-refractivity contribution in [3.05, 3.63) is 0 Å². The molecular weight excluding hydrogens is 198 g/mol. The predicted molar refractivity (Wildman–Crippen MR) is 56.0 cm³/mol. The zero-order valence-electron chi connectivity index (χ0n) is 9.80. The number of hydrogen-bond acceptors (Lipinski definition) is 4. The maximum absolute atomic E-state index is 11.2. The van der Waals surface area contributed by atoms with Crippen molar-refractivity contribution >= 4 is 12.0 Å². The minimum Gasteiger partial charge on any atom is -0.444 e. The average molecular weight is 217 g/mol. The lowest BCUT2D eigenvalue weighted by Crippen LogP contribution is -2.49. The van der Waals surface area contributed by atoms with Crippen LogP contribution in [0.5, 0.6) is 0 Å². The molecule has 0 aliphatic carbocycles. The molecule has 0 rings (SSSR count). The van der Waals surface area contributed by atoms with Crippen LogP contribution >= 0.6 is 0 Å². The first kappa shape index (κ1) is 13.7. The molecule has 15 heavy (non-hydrogen) atoms. The van der Waals surface area contributed by atoms with Gasteiger partial charge in [-0.2, -0.15) is 0 Å². The van der Waals surface area contributed by atoms with E-state index in [1.165, 1.54) is 0 Å². The Morgan fingerprint density at radius 3 is 2.20 bits per heavy atom. The quantitative estimate of drug-likeness (QED) is 0.588. The summed E-state index contributed by atoms with van der Waals surface area (Å²) < 4.78 is 4.99. The monoisotopic (exact) mass is 217 g/mol. The number of amides is 2. The van der Waals surface area contributed by atoms with Gasteiger partial charge in [-0.25, -0.2) is 10.2 Å². The van der Waals surface area contributed by atoms with Crippen LogP contribution in [-0.4, -0.2) is 30.7 Å². The van der Waals surface area contributed by atoms with Gasteiger partial charge in [-0.1, -0.05) is 0 Å². The summed E-state index contributed by atoms with van der Waals surface area (Å²) in [6.45, 7) is 6.83. The molecule has 0 aromatic carbocycles. The van der Waals surface area contributed by atoms with Crippen LogP contribution in [0.2, 0.25) is 0 Å². The molecule has 0 radical (unpaired) electrons. The maximum atomic E-state index is 11.2. The smallest absolute Gasteiger partial charge is 0.408 e. The van der Waals surface area contributed by atoms with Gasteiger partial charge in [-0.15, -0.1) is 0 Å². The second kappa shape index (κ2) is 5.55. The van der Waals surface area contributed by atoms with Crippen molar-refractivity contribution in [1.29, 1.82) is 0 Å². The number of carbonyl (C=O) groups excluding carboxylic acids is 2. The van der Waals surface area contributed by atoms with Gasteiger partial charge in [0.15, 0.2) is 0 Å². The molecule has 6 heteroatoms. The largest absolute Gasteiger partial charge is 0.444 e. The minimum absolute atomic E-state index is 0.330. The molecule has 0 bridgehead atoms.